The number of carbonyl (C=O) groups excluding carboxylic acids is 1. The molecule has 0 radical (unpaired) electrons. The number of ether oxygens (including phenoxy) is 1. The van der Waals surface area contributed by atoms with Crippen molar-refractivity contribution < 1.29 is 9.53 Å². The van der Waals surface area contributed by atoms with Crippen molar-refractivity contribution in [2.45, 2.75) is 20.3 Å². The molecule has 0 aromatic carbocycles. The van der Waals surface area contributed by atoms with Gasteiger partial charge >= 0.3 is 5.97 Å². The zero-order chi connectivity index (χ0) is 9.56. The van der Waals surface area contributed by atoms with Gasteiger partial charge in [0.25, 0.3) is 0 Å². The number of hydrogen-bond donors (Lipinski definition) is 1. The van der Waals surface area contributed by atoms with Crippen molar-refractivity contribution in [3.8, 4) is 6.07 Å². The molecule has 0 aromatic rings. The molecule has 0 aromatic heterocycles. The highest BCUT2D eigenvalue weighted by atomic mass is 16.5. The van der Waals surface area contributed by atoms with Gasteiger partial charge in [-0.3, -0.25) is 0 Å². The molecule has 0 bridgehead atoms. The summed E-state index contributed by atoms with van der Waals surface area (Å²) in [6, 6.07) is 1.72. The maximum absolute atomic E-state index is 11.0. The molecule has 66 valence electrons. The molecule has 4 nitrogen and oxygen atoms in total. The van der Waals surface area contributed by atoms with Crippen LogP contribution in [0.1, 0.15) is 20.3 Å². The summed E-state index contributed by atoms with van der Waals surface area (Å²) in [6.45, 7) is 3.70. The summed E-state index contributed by atoms with van der Waals surface area (Å²) in [5.74, 6) is -0.639. The number of esters is 1. The third-order valence-corrected chi connectivity index (χ3v) is 1.29. The van der Waals surface area contributed by atoms with Crippen molar-refractivity contribution in [2.75, 3.05) is 6.61 Å². The fourth-order valence-electron chi connectivity index (χ4n) is 0.629. The van der Waals surface area contributed by atoms with Crippen LogP contribution < -0.4 is 5.73 Å². The van der Waals surface area contributed by atoms with Gasteiger partial charge in [-0.25, -0.2) is 4.79 Å². The third-order valence-electron chi connectivity index (χ3n) is 1.29. The fourth-order valence-corrected chi connectivity index (χ4v) is 0.629. The predicted molar refractivity (Wildman–Crippen MR) is 43.8 cm³/mol. The van der Waals surface area contributed by atoms with Crippen molar-refractivity contribution >= 4 is 5.97 Å². The molecule has 0 atom stereocenters. The second-order valence-electron chi connectivity index (χ2n) is 2.09. The third kappa shape index (κ3) is 2.62. The Morgan fingerprint density at radius 3 is 2.50 bits per heavy atom. The Kier molecular flexibility index (Phi) is 4.54. The lowest BCUT2D eigenvalue weighted by molar-refractivity contribution is -0.138. The molecule has 12 heavy (non-hydrogen) atoms. The number of allylic oxidation sites excluding steroid dienone is 1. The highest BCUT2D eigenvalue weighted by Gasteiger charge is 2.12. The molecule has 0 aliphatic heterocycles. The van der Waals surface area contributed by atoms with Gasteiger partial charge in [-0.05, 0) is 13.3 Å². The molecule has 0 aliphatic rings. The lowest BCUT2D eigenvalue weighted by Crippen LogP contribution is -2.12. The largest absolute Gasteiger partial charge is 0.462 e. The van der Waals surface area contributed by atoms with Gasteiger partial charge in [-0.15, -0.1) is 0 Å². The van der Waals surface area contributed by atoms with Crippen LogP contribution in [0.15, 0.2) is 11.3 Å². The molecule has 0 unspecified atom stereocenters. The smallest absolute Gasteiger partial charge is 0.350 e. The molecule has 0 heterocycles. The molecule has 0 fully saturated rings. The Hall–Kier alpha value is -1.50. The van der Waals surface area contributed by atoms with Crippen LogP contribution >= 0.6 is 0 Å². The number of hydrogen-bond acceptors (Lipinski definition) is 4. The molecule has 4 heteroatoms. The van der Waals surface area contributed by atoms with Gasteiger partial charge in [0.05, 0.1) is 6.61 Å². The van der Waals surface area contributed by atoms with Gasteiger partial charge in [-0.1, -0.05) is 6.92 Å². The number of rotatable bonds is 3. The Bertz CT molecular complexity index is 238. The van der Waals surface area contributed by atoms with Crippen molar-refractivity contribution in [1.82, 2.24) is 0 Å². The van der Waals surface area contributed by atoms with Crippen molar-refractivity contribution in [2.24, 2.45) is 5.73 Å². The summed E-state index contributed by atoms with van der Waals surface area (Å²) in [5, 5.41) is 8.54. The summed E-state index contributed by atoms with van der Waals surface area (Å²) in [6.07, 6.45) is 0.474. The SMILES string of the molecule is CCOC(=O)/C(C#N)=C(\N)CC. The maximum Gasteiger partial charge on any atom is 0.350 e. The van der Waals surface area contributed by atoms with Gasteiger partial charge < -0.3 is 10.5 Å². The maximum atomic E-state index is 11.0. The van der Waals surface area contributed by atoms with E-state index >= 15 is 0 Å². The van der Waals surface area contributed by atoms with E-state index in [0.717, 1.165) is 0 Å². The van der Waals surface area contributed by atoms with Crippen LogP contribution in [0.4, 0.5) is 0 Å². The van der Waals surface area contributed by atoms with Crippen LogP contribution in [0.3, 0.4) is 0 Å². The van der Waals surface area contributed by atoms with Crippen LogP contribution in [0.5, 0.6) is 0 Å². The molecule has 2 N–H and O–H groups in total. The minimum Gasteiger partial charge on any atom is -0.462 e. The summed E-state index contributed by atoms with van der Waals surface area (Å²) >= 11 is 0. The van der Waals surface area contributed by atoms with E-state index in [9.17, 15) is 4.79 Å². The molecule has 0 aliphatic carbocycles. The first kappa shape index (κ1) is 10.5. The van der Waals surface area contributed by atoms with Gasteiger partial charge in [0.15, 0.2) is 5.57 Å². The summed E-state index contributed by atoms with van der Waals surface area (Å²) in [4.78, 5) is 11.0. The highest BCUT2D eigenvalue weighted by molar-refractivity contribution is 5.93. The standard InChI is InChI=1S/C8H12N2O2/c1-3-7(10)6(5-9)8(11)12-4-2/h3-4,10H2,1-2H3/b7-6-. The number of nitrogens with zero attached hydrogens (tertiary/aromatic N) is 1. The number of nitriles is 1. The van der Waals surface area contributed by atoms with E-state index in [1.807, 2.05) is 0 Å². The summed E-state index contributed by atoms with van der Waals surface area (Å²) in [7, 11) is 0. The predicted octanol–water partition coefficient (Wildman–Crippen LogP) is 0.696. The molecule has 0 saturated heterocycles. The van der Waals surface area contributed by atoms with Crippen LogP contribution in [0.25, 0.3) is 0 Å². The second kappa shape index (κ2) is 5.19. The van der Waals surface area contributed by atoms with E-state index < -0.39 is 5.97 Å². The molecule has 0 saturated carbocycles. The molecular weight excluding hydrogens is 156 g/mol. The minimum atomic E-state index is -0.639. The zero-order valence-corrected chi connectivity index (χ0v) is 7.26. The fraction of sp³-hybridized carbons (Fsp3) is 0.500. The summed E-state index contributed by atoms with van der Waals surface area (Å²) < 4.78 is 4.62. The van der Waals surface area contributed by atoms with Crippen LogP contribution in [-0.4, -0.2) is 12.6 Å². The van der Waals surface area contributed by atoms with Gasteiger partial charge in [0.1, 0.15) is 6.07 Å². The minimum absolute atomic E-state index is 0.0839. The molecular formula is C8H12N2O2. The first-order valence-corrected chi connectivity index (χ1v) is 3.73. The lowest BCUT2D eigenvalue weighted by Gasteiger charge is -2.01. The van der Waals surface area contributed by atoms with Crippen LogP contribution in [-0.2, 0) is 9.53 Å². The first-order chi connectivity index (χ1) is 5.67. The van der Waals surface area contributed by atoms with E-state index in [4.69, 9.17) is 11.0 Å². The average molecular weight is 168 g/mol. The quantitative estimate of drug-likeness (QED) is 0.382. The highest BCUT2D eigenvalue weighted by Crippen LogP contribution is 2.03. The molecule has 0 amide bonds. The zero-order valence-electron chi connectivity index (χ0n) is 7.26. The van der Waals surface area contributed by atoms with Crippen molar-refractivity contribution in [3.05, 3.63) is 11.3 Å². The van der Waals surface area contributed by atoms with Crippen molar-refractivity contribution in [3.63, 3.8) is 0 Å². The van der Waals surface area contributed by atoms with Crippen LogP contribution in [0, 0.1) is 11.3 Å². The van der Waals surface area contributed by atoms with Crippen LogP contribution in [0.2, 0.25) is 0 Å². The Morgan fingerprint density at radius 1 is 1.58 bits per heavy atom. The Labute approximate surface area is 71.6 Å². The summed E-state index contributed by atoms with van der Waals surface area (Å²) in [5.41, 5.74) is 5.61. The van der Waals surface area contributed by atoms with E-state index in [1.165, 1.54) is 0 Å². The van der Waals surface area contributed by atoms with Gasteiger partial charge in [-0.2, -0.15) is 5.26 Å². The normalized spacial score (nSPS) is 11.4. The number of nitrogens with two attached hydrogens (primary N) is 1. The Balaban J connectivity index is 4.59. The average Bonchev–Trinajstić information content (AvgIpc) is 2.06. The molecule has 0 spiro atoms. The van der Waals surface area contributed by atoms with E-state index in [-0.39, 0.29) is 17.9 Å². The van der Waals surface area contributed by atoms with Gasteiger partial charge in [0.2, 0.25) is 0 Å². The van der Waals surface area contributed by atoms with E-state index in [0.29, 0.717) is 6.42 Å². The number of carbonyl (C=O) groups is 1. The second-order valence-corrected chi connectivity index (χ2v) is 2.09. The van der Waals surface area contributed by atoms with E-state index in [2.05, 4.69) is 4.74 Å². The topological polar surface area (TPSA) is 76.1 Å². The molecule has 0 rings (SSSR count). The van der Waals surface area contributed by atoms with Gasteiger partial charge in [0, 0.05) is 5.70 Å². The monoisotopic (exact) mass is 168 g/mol. The lowest BCUT2D eigenvalue weighted by atomic mass is 10.2. The Morgan fingerprint density at radius 2 is 2.17 bits per heavy atom. The van der Waals surface area contributed by atoms with Crippen molar-refractivity contribution in [1.29, 1.82) is 5.26 Å². The first-order valence-electron chi connectivity index (χ1n) is 3.73. The van der Waals surface area contributed by atoms with E-state index in [1.54, 1.807) is 19.9 Å².